The van der Waals surface area contributed by atoms with Crippen LogP contribution in [-0.4, -0.2) is 46.4 Å². The van der Waals surface area contributed by atoms with E-state index in [1.807, 2.05) is 6.92 Å². The van der Waals surface area contributed by atoms with Crippen LogP contribution < -0.4 is 0 Å². The highest BCUT2D eigenvalue weighted by Gasteiger charge is 2.53. The van der Waals surface area contributed by atoms with Crippen LogP contribution in [0, 0.1) is 5.92 Å². The van der Waals surface area contributed by atoms with Gasteiger partial charge in [-0.3, -0.25) is 0 Å². The first-order chi connectivity index (χ1) is 11.6. The van der Waals surface area contributed by atoms with E-state index in [-0.39, 0.29) is 12.5 Å². The largest absolute Gasteiger partial charge is 0.464 e. The summed E-state index contributed by atoms with van der Waals surface area (Å²) in [6, 6.07) is 0. The number of hydrogen-bond acceptors (Lipinski definition) is 6. The normalized spacial score (nSPS) is 15.5. The van der Waals surface area contributed by atoms with Gasteiger partial charge in [-0.2, -0.15) is 4.90 Å². The van der Waals surface area contributed by atoms with E-state index in [9.17, 15) is 14.4 Å². The maximum Gasteiger partial charge on any atom is 0.420 e. The molecule has 7 nitrogen and oxygen atoms in total. The van der Waals surface area contributed by atoms with E-state index in [1.165, 1.54) is 6.92 Å². The quantitative estimate of drug-likeness (QED) is 0.520. The fourth-order valence-corrected chi connectivity index (χ4v) is 2.26. The van der Waals surface area contributed by atoms with Crippen molar-refractivity contribution in [2.24, 2.45) is 5.92 Å². The topological polar surface area (TPSA) is 82.1 Å². The molecule has 26 heavy (non-hydrogen) atoms. The monoisotopic (exact) mass is 373 g/mol. The maximum atomic E-state index is 12.9. The van der Waals surface area contributed by atoms with Gasteiger partial charge in [0, 0.05) is 0 Å². The van der Waals surface area contributed by atoms with Crippen LogP contribution in [0.1, 0.15) is 75.7 Å². The lowest BCUT2D eigenvalue weighted by molar-refractivity contribution is -0.159. The third-order valence-corrected chi connectivity index (χ3v) is 3.88. The van der Waals surface area contributed by atoms with Crippen LogP contribution in [0.5, 0.6) is 0 Å². The summed E-state index contributed by atoms with van der Waals surface area (Å²) >= 11 is 0. The Balaban J connectivity index is 6.23. The molecule has 0 spiro atoms. The maximum absolute atomic E-state index is 12.9. The van der Waals surface area contributed by atoms with Crippen molar-refractivity contribution in [1.82, 2.24) is 4.90 Å². The van der Waals surface area contributed by atoms with Gasteiger partial charge in [-0.05, 0) is 61.3 Å². The molecule has 0 saturated carbocycles. The van der Waals surface area contributed by atoms with Crippen LogP contribution in [0.4, 0.5) is 9.59 Å². The van der Waals surface area contributed by atoms with Gasteiger partial charge in [0.15, 0.2) is 5.54 Å². The van der Waals surface area contributed by atoms with Gasteiger partial charge in [0.25, 0.3) is 0 Å². The van der Waals surface area contributed by atoms with Crippen molar-refractivity contribution >= 4 is 18.2 Å². The molecule has 0 radical (unpaired) electrons. The fraction of sp³-hybridized carbons (Fsp3) is 0.842. The number of carbonyl (C=O) groups is 3. The van der Waals surface area contributed by atoms with Gasteiger partial charge in [0.1, 0.15) is 11.2 Å². The van der Waals surface area contributed by atoms with Gasteiger partial charge < -0.3 is 14.2 Å². The van der Waals surface area contributed by atoms with Crippen molar-refractivity contribution in [2.45, 2.75) is 92.4 Å². The molecule has 0 saturated heterocycles. The third-order valence-electron chi connectivity index (χ3n) is 3.88. The van der Waals surface area contributed by atoms with E-state index in [0.29, 0.717) is 6.42 Å². The van der Waals surface area contributed by atoms with E-state index in [1.54, 1.807) is 55.4 Å². The minimum absolute atomic E-state index is 0.126. The first kappa shape index (κ1) is 24.2. The molecule has 2 atom stereocenters. The van der Waals surface area contributed by atoms with Crippen molar-refractivity contribution in [1.29, 1.82) is 0 Å². The minimum Gasteiger partial charge on any atom is -0.464 e. The number of rotatable bonds is 5. The zero-order chi connectivity index (χ0) is 20.9. The number of imide groups is 1. The van der Waals surface area contributed by atoms with E-state index < -0.39 is 34.9 Å². The smallest absolute Gasteiger partial charge is 0.420 e. The lowest BCUT2D eigenvalue weighted by Crippen LogP contribution is -2.63. The molecule has 0 N–H and O–H groups in total. The molecule has 0 bridgehead atoms. The summed E-state index contributed by atoms with van der Waals surface area (Å²) in [6.07, 6.45) is -1.34. The number of nitrogens with zero attached hydrogens (tertiary/aromatic N) is 1. The molecule has 0 fully saturated rings. The SMILES string of the molecule is CCOC(=O)[C@](C)([C@@H](C)CC)N(C(=O)OC(C)(C)C)C(=O)OC(C)(C)C. The van der Waals surface area contributed by atoms with E-state index in [4.69, 9.17) is 14.2 Å². The standard InChI is InChI=1S/C19H35NO6/c1-11-13(3)19(10,14(21)24-12-2)20(15(22)25-17(4,5)6)16(23)26-18(7,8)9/h13H,11-12H2,1-10H3/t13-,19-/m0/s1. The number of hydrogen-bond donors (Lipinski definition) is 0. The Bertz CT molecular complexity index is 489. The summed E-state index contributed by atoms with van der Waals surface area (Å²) in [4.78, 5) is 39.2. The summed E-state index contributed by atoms with van der Waals surface area (Å²) in [7, 11) is 0. The van der Waals surface area contributed by atoms with Crippen LogP contribution in [0.25, 0.3) is 0 Å². The number of ether oxygens (including phenoxy) is 3. The minimum atomic E-state index is -1.56. The van der Waals surface area contributed by atoms with Crippen LogP contribution in [0.3, 0.4) is 0 Å². The van der Waals surface area contributed by atoms with Crippen molar-refractivity contribution in [2.75, 3.05) is 6.61 Å². The van der Waals surface area contributed by atoms with Crippen molar-refractivity contribution in [3.05, 3.63) is 0 Å². The molecule has 0 rings (SSSR count). The zero-order valence-corrected chi connectivity index (χ0v) is 17.9. The number of esters is 1. The lowest BCUT2D eigenvalue weighted by atomic mass is 9.83. The molecule has 152 valence electrons. The Hall–Kier alpha value is -1.79. The molecular weight excluding hydrogens is 338 g/mol. The van der Waals surface area contributed by atoms with Crippen LogP contribution in [0.15, 0.2) is 0 Å². The van der Waals surface area contributed by atoms with Crippen molar-refractivity contribution in [3.8, 4) is 0 Å². The molecule has 0 aliphatic carbocycles. The Labute approximate surface area is 157 Å². The predicted octanol–water partition coefficient (Wildman–Crippen LogP) is 4.53. The number of amides is 2. The Morgan fingerprint density at radius 2 is 1.23 bits per heavy atom. The summed E-state index contributed by atoms with van der Waals surface area (Å²) < 4.78 is 15.9. The summed E-state index contributed by atoms with van der Waals surface area (Å²) in [5.41, 5.74) is -3.25. The van der Waals surface area contributed by atoms with Gasteiger partial charge in [0.2, 0.25) is 0 Å². The first-order valence-corrected chi connectivity index (χ1v) is 9.03. The Morgan fingerprint density at radius 1 is 0.846 bits per heavy atom. The van der Waals surface area contributed by atoms with Gasteiger partial charge in [0.05, 0.1) is 6.61 Å². The van der Waals surface area contributed by atoms with Gasteiger partial charge in [-0.25, -0.2) is 14.4 Å². The fourth-order valence-electron chi connectivity index (χ4n) is 2.26. The second-order valence-corrected chi connectivity index (χ2v) is 8.47. The van der Waals surface area contributed by atoms with Crippen LogP contribution in [0.2, 0.25) is 0 Å². The van der Waals surface area contributed by atoms with E-state index in [0.717, 1.165) is 4.90 Å². The molecule has 0 aliphatic heterocycles. The highest BCUT2D eigenvalue weighted by atomic mass is 16.6. The Kier molecular flexibility index (Phi) is 8.13. The molecule has 0 heterocycles. The first-order valence-electron chi connectivity index (χ1n) is 9.03. The number of carbonyl (C=O) groups excluding carboxylic acids is 3. The second kappa shape index (κ2) is 8.73. The molecule has 0 aromatic rings. The summed E-state index contributed by atoms with van der Waals surface area (Å²) in [6.45, 7) is 17.0. The zero-order valence-electron chi connectivity index (χ0n) is 17.9. The summed E-state index contributed by atoms with van der Waals surface area (Å²) in [5.74, 6) is -1.05. The molecule has 0 aliphatic rings. The van der Waals surface area contributed by atoms with Crippen molar-refractivity contribution < 1.29 is 28.6 Å². The third kappa shape index (κ3) is 6.50. The van der Waals surface area contributed by atoms with Crippen LogP contribution in [-0.2, 0) is 19.0 Å². The van der Waals surface area contributed by atoms with E-state index >= 15 is 0 Å². The van der Waals surface area contributed by atoms with Crippen LogP contribution >= 0.6 is 0 Å². The molecule has 0 aromatic carbocycles. The molecule has 0 unspecified atom stereocenters. The van der Waals surface area contributed by atoms with Crippen molar-refractivity contribution in [3.63, 3.8) is 0 Å². The van der Waals surface area contributed by atoms with Gasteiger partial charge in [-0.1, -0.05) is 20.3 Å². The Morgan fingerprint density at radius 3 is 1.50 bits per heavy atom. The van der Waals surface area contributed by atoms with E-state index in [2.05, 4.69) is 0 Å². The average Bonchev–Trinajstić information content (AvgIpc) is 2.42. The van der Waals surface area contributed by atoms with Gasteiger partial charge in [-0.15, -0.1) is 0 Å². The molecule has 7 heteroatoms. The average molecular weight is 373 g/mol. The highest BCUT2D eigenvalue weighted by molar-refractivity contribution is 5.96. The molecule has 2 amide bonds. The highest BCUT2D eigenvalue weighted by Crippen LogP contribution is 2.32. The lowest BCUT2D eigenvalue weighted by Gasteiger charge is -2.41. The predicted molar refractivity (Wildman–Crippen MR) is 98.8 cm³/mol. The molecular formula is C19H35NO6. The summed E-state index contributed by atoms with van der Waals surface area (Å²) in [5, 5.41) is 0. The second-order valence-electron chi connectivity index (χ2n) is 8.47. The van der Waals surface area contributed by atoms with Gasteiger partial charge >= 0.3 is 18.2 Å². The molecule has 0 aromatic heterocycles.